The van der Waals surface area contributed by atoms with Gasteiger partial charge in [0.1, 0.15) is 0 Å². The smallest absolute Gasteiger partial charge is 0.0549 e. The Balaban J connectivity index is 0.000001000. The van der Waals surface area contributed by atoms with Gasteiger partial charge in [0.15, 0.2) is 0 Å². The van der Waals surface area contributed by atoms with E-state index in [-0.39, 0.29) is 12.4 Å². The monoisotopic (exact) mass is 256 g/mol. The average Bonchev–Trinajstić information content (AvgIpc) is 1.95. The lowest BCUT2D eigenvalue weighted by Gasteiger charge is -2.00. The van der Waals surface area contributed by atoms with Crippen molar-refractivity contribution in [3.05, 3.63) is 27.7 Å². The van der Waals surface area contributed by atoms with E-state index in [0.29, 0.717) is 5.02 Å². The highest BCUT2D eigenvalue weighted by molar-refractivity contribution is 9.10. The zero-order valence-electron chi connectivity index (χ0n) is 5.47. The maximum Gasteiger partial charge on any atom is 0.0549 e. The molecule has 0 bridgehead atoms. The quantitative estimate of drug-likeness (QED) is 0.600. The molecule has 0 saturated heterocycles. The first-order valence-corrected chi connectivity index (χ1v) is 3.83. The number of hydrogen-bond donors (Lipinski definition) is 2. The minimum Gasteiger partial charge on any atom is -0.324 e. The molecule has 0 spiro atoms. The van der Waals surface area contributed by atoms with Crippen LogP contribution in [0.25, 0.3) is 0 Å². The molecule has 0 aliphatic heterocycles. The van der Waals surface area contributed by atoms with Crippen LogP contribution in [0.15, 0.2) is 22.7 Å². The van der Waals surface area contributed by atoms with Crippen LogP contribution >= 0.6 is 39.9 Å². The highest BCUT2D eigenvalue weighted by Gasteiger charge is 1.95. The lowest BCUT2D eigenvalue weighted by atomic mass is 10.3. The normalized spacial score (nSPS) is 8.64. The Bertz CT molecular complexity index is 242. The van der Waals surface area contributed by atoms with Gasteiger partial charge in [-0.2, -0.15) is 0 Å². The summed E-state index contributed by atoms with van der Waals surface area (Å²) in [6, 6.07) is 5.37. The summed E-state index contributed by atoms with van der Waals surface area (Å²) in [4.78, 5) is 0. The number of nitrogens with one attached hydrogen (secondary N) is 1. The minimum absolute atomic E-state index is 0. The first-order chi connectivity index (χ1) is 4.74. The van der Waals surface area contributed by atoms with Gasteiger partial charge >= 0.3 is 0 Å². The van der Waals surface area contributed by atoms with Gasteiger partial charge in [-0.1, -0.05) is 11.6 Å². The van der Waals surface area contributed by atoms with Crippen LogP contribution in [-0.2, 0) is 0 Å². The third-order valence-corrected chi connectivity index (χ3v) is 2.30. The third-order valence-electron chi connectivity index (χ3n) is 1.09. The molecule has 2 nitrogen and oxygen atoms in total. The fourth-order valence-corrected chi connectivity index (χ4v) is 1.08. The highest BCUT2D eigenvalue weighted by atomic mass is 79.9. The van der Waals surface area contributed by atoms with Crippen LogP contribution in [0.1, 0.15) is 0 Å². The van der Waals surface area contributed by atoms with Crippen LogP contribution in [0.5, 0.6) is 0 Å². The minimum atomic E-state index is 0. The second-order valence-corrected chi connectivity index (χ2v) is 3.03. The van der Waals surface area contributed by atoms with Crippen molar-refractivity contribution in [3.8, 4) is 0 Å². The molecule has 0 atom stereocenters. The molecule has 0 fully saturated rings. The van der Waals surface area contributed by atoms with Crippen molar-refractivity contribution in [2.75, 3.05) is 5.43 Å². The highest BCUT2D eigenvalue weighted by Crippen LogP contribution is 2.24. The largest absolute Gasteiger partial charge is 0.324 e. The molecule has 1 aromatic rings. The summed E-state index contributed by atoms with van der Waals surface area (Å²) in [5, 5.41) is 0.680. The molecule has 5 heteroatoms. The Morgan fingerprint density at radius 2 is 2.09 bits per heavy atom. The molecule has 0 unspecified atom stereocenters. The number of hydrazine groups is 1. The van der Waals surface area contributed by atoms with Gasteiger partial charge in [0.05, 0.1) is 5.02 Å². The topological polar surface area (TPSA) is 38.0 Å². The fraction of sp³-hybridized carbons (Fsp3) is 0. The predicted molar refractivity (Wildman–Crippen MR) is 54.2 cm³/mol. The van der Waals surface area contributed by atoms with Crippen LogP contribution in [-0.4, -0.2) is 0 Å². The van der Waals surface area contributed by atoms with Crippen molar-refractivity contribution in [1.82, 2.24) is 0 Å². The van der Waals surface area contributed by atoms with Gasteiger partial charge in [0.2, 0.25) is 0 Å². The van der Waals surface area contributed by atoms with E-state index in [4.69, 9.17) is 17.4 Å². The van der Waals surface area contributed by atoms with E-state index in [1.807, 2.05) is 6.07 Å². The Hall–Kier alpha value is 0.0400. The second-order valence-electron chi connectivity index (χ2n) is 1.77. The number of rotatable bonds is 1. The van der Waals surface area contributed by atoms with Crippen molar-refractivity contribution in [1.29, 1.82) is 0 Å². The summed E-state index contributed by atoms with van der Waals surface area (Å²) in [5.74, 6) is 5.15. The van der Waals surface area contributed by atoms with Gasteiger partial charge in [-0.25, -0.2) is 0 Å². The number of hydrogen-bond acceptors (Lipinski definition) is 2. The standard InChI is InChI=1S/C6H6BrClN2.ClH/c7-5-3-4(10-9)1-2-6(5)8;/h1-3,10H,9H2;1H. The van der Waals surface area contributed by atoms with E-state index in [0.717, 1.165) is 10.2 Å². The van der Waals surface area contributed by atoms with Gasteiger partial charge in [-0.15, -0.1) is 12.4 Å². The summed E-state index contributed by atoms with van der Waals surface area (Å²) < 4.78 is 0.838. The van der Waals surface area contributed by atoms with Crippen molar-refractivity contribution >= 4 is 45.6 Å². The lowest BCUT2D eigenvalue weighted by molar-refractivity contribution is 1.35. The van der Waals surface area contributed by atoms with Crippen LogP contribution < -0.4 is 11.3 Å². The summed E-state index contributed by atoms with van der Waals surface area (Å²) in [6.07, 6.45) is 0. The molecule has 1 aromatic carbocycles. The molecule has 62 valence electrons. The van der Waals surface area contributed by atoms with E-state index >= 15 is 0 Å². The molecule has 0 aliphatic rings. The summed E-state index contributed by atoms with van der Waals surface area (Å²) in [6.45, 7) is 0. The number of benzene rings is 1. The number of nitrogen functional groups attached to an aromatic ring is 1. The van der Waals surface area contributed by atoms with Gasteiger partial charge in [-0.3, -0.25) is 5.84 Å². The second kappa shape index (κ2) is 4.83. The molecular weight excluding hydrogens is 251 g/mol. The molecule has 1 rings (SSSR count). The van der Waals surface area contributed by atoms with Crippen LogP contribution in [0.3, 0.4) is 0 Å². The fourth-order valence-electron chi connectivity index (χ4n) is 0.586. The Kier molecular flexibility index (Phi) is 4.84. The Morgan fingerprint density at radius 1 is 1.45 bits per heavy atom. The van der Waals surface area contributed by atoms with E-state index in [1.54, 1.807) is 12.1 Å². The Morgan fingerprint density at radius 3 is 2.55 bits per heavy atom. The maximum atomic E-state index is 5.72. The third kappa shape index (κ3) is 2.87. The van der Waals surface area contributed by atoms with E-state index in [1.165, 1.54) is 0 Å². The van der Waals surface area contributed by atoms with Crippen molar-refractivity contribution in [2.45, 2.75) is 0 Å². The summed E-state index contributed by atoms with van der Waals surface area (Å²) >= 11 is 8.98. The first-order valence-electron chi connectivity index (χ1n) is 2.65. The molecular formula is C6H7BrCl2N2. The molecule has 0 aliphatic carbocycles. The van der Waals surface area contributed by atoms with Crippen molar-refractivity contribution < 1.29 is 0 Å². The van der Waals surface area contributed by atoms with Crippen LogP contribution in [0.2, 0.25) is 5.02 Å². The Labute approximate surface area is 84.6 Å². The van der Waals surface area contributed by atoms with E-state index in [2.05, 4.69) is 21.4 Å². The van der Waals surface area contributed by atoms with Crippen molar-refractivity contribution in [2.24, 2.45) is 5.84 Å². The summed E-state index contributed by atoms with van der Waals surface area (Å²) in [5.41, 5.74) is 3.34. The van der Waals surface area contributed by atoms with Gasteiger partial charge in [-0.05, 0) is 34.1 Å². The maximum absolute atomic E-state index is 5.72. The number of nitrogens with two attached hydrogens (primary N) is 1. The average molecular weight is 258 g/mol. The van der Waals surface area contributed by atoms with Gasteiger partial charge in [0.25, 0.3) is 0 Å². The lowest BCUT2D eigenvalue weighted by Crippen LogP contribution is -2.06. The molecule has 0 saturated carbocycles. The first kappa shape index (κ1) is 11.0. The van der Waals surface area contributed by atoms with E-state index < -0.39 is 0 Å². The predicted octanol–water partition coefficient (Wildman–Crippen LogP) is 2.81. The molecule has 3 N–H and O–H groups in total. The molecule has 0 aromatic heterocycles. The van der Waals surface area contributed by atoms with Crippen LogP contribution in [0, 0.1) is 0 Å². The summed E-state index contributed by atoms with van der Waals surface area (Å²) in [7, 11) is 0. The van der Waals surface area contributed by atoms with Gasteiger partial charge in [0, 0.05) is 10.2 Å². The zero-order chi connectivity index (χ0) is 7.56. The number of anilines is 1. The zero-order valence-corrected chi connectivity index (χ0v) is 8.63. The molecule has 0 amide bonds. The SMILES string of the molecule is Cl.NNc1ccc(Cl)c(Br)c1. The number of halogens is 3. The van der Waals surface area contributed by atoms with Gasteiger partial charge < -0.3 is 5.43 Å². The molecule has 0 heterocycles. The van der Waals surface area contributed by atoms with Crippen LogP contribution in [0.4, 0.5) is 5.69 Å². The molecule has 11 heavy (non-hydrogen) atoms. The molecule has 0 radical (unpaired) electrons. The van der Waals surface area contributed by atoms with Crippen molar-refractivity contribution in [3.63, 3.8) is 0 Å². The van der Waals surface area contributed by atoms with E-state index in [9.17, 15) is 0 Å².